The highest BCUT2D eigenvalue weighted by atomic mass is 16.4. The van der Waals surface area contributed by atoms with Gasteiger partial charge in [-0.3, -0.25) is 4.79 Å². The van der Waals surface area contributed by atoms with Gasteiger partial charge in [0.25, 0.3) is 0 Å². The van der Waals surface area contributed by atoms with Gasteiger partial charge in [0, 0.05) is 19.0 Å². The van der Waals surface area contributed by atoms with Crippen molar-refractivity contribution in [3.05, 3.63) is 0 Å². The Labute approximate surface area is 129 Å². The van der Waals surface area contributed by atoms with Gasteiger partial charge in [-0.15, -0.1) is 0 Å². The van der Waals surface area contributed by atoms with E-state index < -0.39 is 5.97 Å². The van der Waals surface area contributed by atoms with Crippen LogP contribution in [0.1, 0.15) is 52.4 Å². The molecule has 4 nitrogen and oxygen atoms in total. The van der Waals surface area contributed by atoms with Gasteiger partial charge < -0.3 is 14.9 Å². The van der Waals surface area contributed by atoms with Crippen LogP contribution in [0, 0.1) is 11.8 Å². The Morgan fingerprint density at radius 2 is 1.95 bits per heavy atom. The molecule has 2 aliphatic rings. The number of piperidine rings is 2. The molecule has 2 fully saturated rings. The molecular weight excluding hydrogens is 264 g/mol. The molecule has 4 heteroatoms. The molecular formula is C17H32N2O2. The lowest BCUT2D eigenvalue weighted by Crippen LogP contribution is -2.49. The lowest BCUT2D eigenvalue weighted by Gasteiger charge is -2.43. The maximum Gasteiger partial charge on any atom is 0.303 e. The molecule has 2 atom stereocenters. The van der Waals surface area contributed by atoms with E-state index in [0.29, 0.717) is 18.3 Å². The van der Waals surface area contributed by atoms with E-state index in [9.17, 15) is 4.79 Å². The normalized spacial score (nSPS) is 27.6. The summed E-state index contributed by atoms with van der Waals surface area (Å²) in [6, 6.07) is 0.734. The van der Waals surface area contributed by atoms with E-state index in [-0.39, 0.29) is 0 Å². The summed E-state index contributed by atoms with van der Waals surface area (Å²) in [5, 5.41) is 8.99. The van der Waals surface area contributed by atoms with Gasteiger partial charge in [0.2, 0.25) is 0 Å². The molecule has 2 unspecified atom stereocenters. The number of nitrogens with zero attached hydrogens (tertiary/aromatic N) is 2. The molecule has 0 bridgehead atoms. The van der Waals surface area contributed by atoms with Gasteiger partial charge in [-0.25, -0.2) is 0 Å². The van der Waals surface area contributed by atoms with Crippen LogP contribution in [-0.2, 0) is 4.79 Å². The van der Waals surface area contributed by atoms with E-state index in [4.69, 9.17) is 5.11 Å². The molecule has 0 aromatic carbocycles. The number of hydrogen-bond acceptors (Lipinski definition) is 3. The van der Waals surface area contributed by atoms with Crippen molar-refractivity contribution in [3.8, 4) is 0 Å². The minimum Gasteiger partial charge on any atom is -0.481 e. The Morgan fingerprint density at radius 3 is 2.57 bits per heavy atom. The van der Waals surface area contributed by atoms with Crippen molar-refractivity contribution >= 4 is 5.97 Å². The zero-order chi connectivity index (χ0) is 15.2. The van der Waals surface area contributed by atoms with Gasteiger partial charge in [0.05, 0.1) is 0 Å². The molecule has 0 amide bonds. The minimum absolute atomic E-state index is 0.311. The molecule has 2 saturated heterocycles. The molecule has 2 heterocycles. The fraction of sp³-hybridized carbons (Fsp3) is 0.941. The fourth-order valence-electron chi connectivity index (χ4n) is 4.10. The van der Waals surface area contributed by atoms with Crippen LogP contribution in [0.2, 0.25) is 0 Å². The first-order valence-corrected chi connectivity index (χ1v) is 8.78. The Hall–Kier alpha value is -0.610. The Morgan fingerprint density at radius 1 is 1.24 bits per heavy atom. The Kier molecular flexibility index (Phi) is 6.49. The third-order valence-corrected chi connectivity index (χ3v) is 5.40. The van der Waals surface area contributed by atoms with Gasteiger partial charge in [0.15, 0.2) is 0 Å². The predicted octanol–water partition coefficient (Wildman–Crippen LogP) is 2.68. The van der Waals surface area contributed by atoms with E-state index in [0.717, 1.165) is 12.6 Å². The quantitative estimate of drug-likeness (QED) is 0.818. The van der Waals surface area contributed by atoms with E-state index in [2.05, 4.69) is 23.6 Å². The van der Waals surface area contributed by atoms with E-state index in [1.807, 2.05) is 0 Å². The summed E-state index contributed by atoms with van der Waals surface area (Å²) < 4.78 is 0. The van der Waals surface area contributed by atoms with Crippen LogP contribution in [0.25, 0.3) is 0 Å². The number of carboxylic acid groups (broad SMARTS) is 1. The van der Waals surface area contributed by atoms with Gasteiger partial charge in [-0.2, -0.15) is 0 Å². The van der Waals surface area contributed by atoms with Crippen LogP contribution in [-0.4, -0.2) is 59.6 Å². The van der Waals surface area contributed by atoms with Crippen molar-refractivity contribution in [2.75, 3.05) is 32.7 Å². The zero-order valence-corrected chi connectivity index (χ0v) is 13.8. The average Bonchev–Trinajstić information content (AvgIpc) is 2.48. The number of aliphatic carboxylic acids is 1. The van der Waals surface area contributed by atoms with Crippen LogP contribution in [0.4, 0.5) is 0 Å². The first-order chi connectivity index (χ1) is 10.1. The minimum atomic E-state index is -0.646. The van der Waals surface area contributed by atoms with Crippen molar-refractivity contribution in [3.63, 3.8) is 0 Å². The molecule has 2 rings (SSSR count). The average molecular weight is 296 g/mol. The molecule has 0 aromatic rings. The monoisotopic (exact) mass is 296 g/mol. The van der Waals surface area contributed by atoms with E-state index in [1.165, 1.54) is 58.3 Å². The number of rotatable bonds is 6. The molecule has 122 valence electrons. The summed E-state index contributed by atoms with van der Waals surface area (Å²) in [5.74, 6) is 0.237. The van der Waals surface area contributed by atoms with Crippen molar-refractivity contribution < 1.29 is 9.90 Å². The highest BCUT2D eigenvalue weighted by molar-refractivity contribution is 5.67. The summed E-state index contributed by atoms with van der Waals surface area (Å²) in [5.41, 5.74) is 0. The maximum absolute atomic E-state index is 10.9. The van der Waals surface area contributed by atoms with Crippen LogP contribution in [0.3, 0.4) is 0 Å². The summed E-state index contributed by atoms with van der Waals surface area (Å²) >= 11 is 0. The third kappa shape index (κ3) is 4.96. The van der Waals surface area contributed by atoms with Crippen molar-refractivity contribution in [1.29, 1.82) is 0 Å². The smallest absolute Gasteiger partial charge is 0.303 e. The van der Waals surface area contributed by atoms with Crippen LogP contribution < -0.4 is 0 Å². The molecule has 0 aromatic heterocycles. The van der Waals surface area contributed by atoms with Crippen LogP contribution in [0.5, 0.6) is 0 Å². The standard InChI is InChI=1S/C17H32N2O2/c1-3-8-18-10-6-16(7-11-18)19-9-4-5-15(13-19)14(2)12-17(20)21/h14-16H,3-13H2,1-2H3,(H,20,21). The predicted molar refractivity (Wildman–Crippen MR) is 85.5 cm³/mol. The van der Waals surface area contributed by atoms with Crippen LogP contribution >= 0.6 is 0 Å². The molecule has 0 spiro atoms. The van der Waals surface area contributed by atoms with Gasteiger partial charge in [0.1, 0.15) is 0 Å². The highest BCUT2D eigenvalue weighted by Crippen LogP contribution is 2.29. The summed E-state index contributed by atoms with van der Waals surface area (Å²) in [7, 11) is 0. The first kappa shape index (κ1) is 16.8. The number of likely N-dealkylation sites (tertiary alicyclic amines) is 2. The second-order valence-electron chi connectivity index (χ2n) is 7.05. The Bertz CT molecular complexity index is 327. The van der Waals surface area contributed by atoms with Gasteiger partial charge >= 0.3 is 5.97 Å². The highest BCUT2D eigenvalue weighted by Gasteiger charge is 2.31. The summed E-state index contributed by atoms with van der Waals surface area (Å²) in [4.78, 5) is 16.2. The van der Waals surface area contributed by atoms with Gasteiger partial charge in [-0.1, -0.05) is 13.8 Å². The van der Waals surface area contributed by atoms with Crippen molar-refractivity contribution in [2.45, 2.75) is 58.4 Å². The van der Waals surface area contributed by atoms with Gasteiger partial charge in [-0.05, 0) is 70.1 Å². The largest absolute Gasteiger partial charge is 0.481 e. The van der Waals surface area contributed by atoms with E-state index in [1.54, 1.807) is 0 Å². The first-order valence-electron chi connectivity index (χ1n) is 8.78. The lowest BCUT2D eigenvalue weighted by molar-refractivity contribution is -0.138. The maximum atomic E-state index is 10.9. The topological polar surface area (TPSA) is 43.8 Å². The molecule has 0 saturated carbocycles. The zero-order valence-electron chi connectivity index (χ0n) is 13.8. The molecule has 0 aliphatic carbocycles. The number of carboxylic acids is 1. The van der Waals surface area contributed by atoms with Crippen molar-refractivity contribution in [2.24, 2.45) is 11.8 Å². The number of hydrogen-bond donors (Lipinski definition) is 1. The Balaban J connectivity index is 1.80. The lowest BCUT2D eigenvalue weighted by atomic mass is 9.83. The molecule has 2 aliphatic heterocycles. The molecule has 1 N–H and O–H groups in total. The third-order valence-electron chi connectivity index (χ3n) is 5.40. The fourth-order valence-corrected chi connectivity index (χ4v) is 4.10. The van der Waals surface area contributed by atoms with E-state index >= 15 is 0 Å². The molecule has 21 heavy (non-hydrogen) atoms. The van der Waals surface area contributed by atoms with Crippen LogP contribution in [0.15, 0.2) is 0 Å². The summed E-state index contributed by atoms with van der Waals surface area (Å²) in [6.07, 6.45) is 6.61. The second-order valence-corrected chi connectivity index (χ2v) is 7.05. The summed E-state index contributed by atoms with van der Waals surface area (Å²) in [6.45, 7) is 10.4. The SMILES string of the molecule is CCCN1CCC(N2CCCC(C(C)CC(=O)O)C2)CC1. The second kappa shape index (κ2) is 8.14. The number of carbonyl (C=O) groups is 1. The van der Waals surface area contributed by atoms with Crippen molar-refractivity contribution in [1.82, 2.24) is 9.80 Å². The molecule has 0 radical (unpaired) electrons.